The highest BCUT2D eigenvalue weighted by atomic mass is 16.5. The molecule has 0 bridgehead atoms. The molecule has 1 aliphatic heterocycles. The zero-order chi connectivity index (χ0) is 13.5. The summed E-state index contributed by atoms with van der Waals surface area (Å²) in [5, 5.41) is 0. The molecular formula is C15H22N2O2. The number of carbonyl (C=O) groups is 1. The van der Waals surface area contributed by atoms with Crippen LogP contribution in [0.2, 0.25) is 0 Å². The molecule has 1 aromatic carbocycles. The van der Waals surface area contributed by atoms with Crippen LogP contribution >= 0.6 is 0 Å². The summed E-state index contributed by atoms with van der Waals surface area (Å²) in [7, 11) is 0. The van der Waals surface area contributed by atoms with E-state index in [0.717, 1.165) is 24.8 Å². The largest absolute Gasteiger partial charge is 0.368 e. The average Bonchev–Trinajstić information content (AvgIpc) is 2.98. The minimum atomic E-state index is -0.249. The fourth-order valence-electron chi connectivity index (χ4n) is 2.33. The lowest BCUT2D eigenvalue weighted by molar-refractivity contribution is -0.141. The van der Waals surface area contributed by atoms with Gasteiger partial charge in [-0.3, -0.25) is 4.79 Å². The van der Waals surface area contributed by atoms with Gasteiger partial charge in [0.25, 0.3) is 5.91 Å². The molecule has 0 saturated carbocycles. The smallest absolute Gasteiger partial charge is 0.251 e. The van der Waals surface area contributed by atoms with Crippen molar-refractivity contribution in [2.24, 2.45) is 5.73 Å². The maximum absolute atomic E-state index is 12.4. The molecule has 1 aliphatic rings. The number of nitrogens with two attached hydrogens (primary N) is 1. The highest BCUT2D eigenvalue weighted by Crippen LogP contribution is 2.16. The van der Waals surface area contributed by atoms with E-state index in [0.29, 0.717) is 26.2 Å². The zero-order valence-electron chi connectivity index (χ0n) is 11.3. The molecule has 2 rings (SSSR count). The summed E-state index contributed by atoms with van der Waals surface area (Å²) < 4.78 is 5.49. The van der Waals surface area contributed by atoms with Gasteiger partial charge in [-0.25, -0.2) is 0 Å². The first-order chi connectivity index (χ1) is 9.31. The monoisotopic (exact) mass is 262 g/mol. The Balaban J connectivity index is 2.00. The van der Waals surface area contributed by atoms with Gasteiger partial charge in [-0.15, -0.1) is 0 Å². The third kappa shape index (κ3) is 4.04. The molecule has 4 heteroatoms. The molecule has 1 unspecified atom stereocenters. The first-order valence-corrected chi connectivity index (χ1v) is 6.95. The van der Waals surface area contributed by atoms with Gasteiger partial charge < -0.3 is 15.4 Å². The van der Waals surface area contributed by atoms with Crippen LogP contribution in [0.3, 0.4) is 0 Å². The van der Waals surface area contributed by atoms with Gasteiger partial charge in [0.05, 0.1) is 0 Å². The Morgan fingerprint density at radius 1 is 1.37 bits per heavy atom. The molecule has 1 aromatic rings. The standard InChI is InChI=1S/C15H22N2O2/c16-9-5-10-17(12-13-6-2-1-3-7-13)15(18)14-8-4-11-19-14/h1-3,6-7,14H,4-5,8-12,16H2. The molecule has 0 aromatic heterocycles. The number of benzene rings is 1. The van der Waals surface area contributed by atoms with E-state index in [-0.39, 0.29) is 12.0 Å². The third-order valence-corrected chi connectivity index (χ3v) is 3.37. The van der Waals surface area contributed by atoms with Gasteiger partial charge in [-0.2, -0.15) is 0 Å². The Morgan fingerprint density at radius 2 is 2.16 bits per heavy atom. The maximum Gasteiger partial charge on any atom is 0.251 e. The van der Waals surface area contributed by atoms with E-state index < -0.39 is 0 Å². The summed E-state index contributed by atoms with van der Waals surface area (Å²) in [6.07, 6.45) is 2.39. The van der Waals surface area contributed by atoms with Crippen molar-refractivity contribution in [1.82, 2.24) is 4.90 Å². The van der Waals surface area contributed by atoms with Gasteiger partial charge in [0.1, 0.15) is 6.10 Å². The molecule has 4 nitrogen and oxygen atoms in total. The zero-order valence-corrected chi connectivity index (χ0v) is 11.3. The number of rotatable bonds is 6. The highest BCUT2D eigenvalue weighted by molar-refractivity contribution is 5.81. The van der Waals surface area contributed by atoms with E-state index in [1.807, 2.05) is 35.2 Å². The van der Waals surface area contributed by atoms with Crippen molar-refractivity contribution < 1.29 is 9.53 Å². The summed E-state index contributed by atoms with van der Waals surface area (Å²) >= 11 is 0. The summed E-state index contributed by atoms with van der Waals surface area (Å²) in [5.74, 6) is 0.106. The first kappa shape index (κ1) is 14.0. The van der Waals surface area contributed by atoms with Crippen LogP contribution in [0, 0.1) is 0 Å². The van der Waals surface area contributed by atoms with E-state index in [9.17, 15) is 4.79 Å². The molecule has 1 amide bonds. The normalized spacial score (nSPS) is 18.5. The van der Waals surface area contributed by atoms with Crippen LogP contribution in [0.25, 0.3) is 0 Å². The van der Waals surface area contributed by atoms with Gasteiger partial charge >= 0.3 is 0 Å². The summed E-state index contributed by atoms with van der Waals surface area (Å²) in [6.45, 7) is 2.64. The van der Waals surface area contributed by atoms with Crippen LogP contribution in [0.4, 0.5) is 0 Å². The van der Waals surface area contributed by atoms with Crippen LogP contribution in [0.15, 0.2) is 30.3 Å². The number of hydrogen-bond donors (Lipinski definition) is 1. The molecule has 1 fully saturated rings. The van der Waals surface area contributed by atoms with E-state index in [2.05, 4.69) is 0 Å². The van der Waals surface area contributed by atoms with Crippen LogP contribution < -0.4 is 5.73 Å². The van der Waals surface area contributed by atoms with Gasteiger partial charge in [-0.05, 0) is 31.4 Å². The highest BCUT2D eigenvalue weighted by Gasteiger charge is 2.27. The quantitative estimate of drug-likeness (QED) is 0.846. The molecule has 104 valence electrons. The average molecular weight is 262 g/mol. The van der Waals surface area contributed by atoms with Gasteiger partial charge in [0.15, 0.2) is 0 Å². The molecule has 19 heavy (non-hydrogen) atoms. The Kier molecular flexibility index (Phi) is 5.36. The van der Waals surface area contributed by atoms with Crippen LogP contribution in [0.1, 0.15) is 24.8 Å². The second-order valence-corrected chi connectivity index (χ2v) is 4.89. The van der Waals surface area contributed by atoms with Crippen molar-refractivity contribution >= 4 is 5.91 Å². The van der Waals surface area contributed by atoms with Gasteiger partial charge in [0.2, 0.25) is 0 Å². The van der Waals surface area contributed by atoms with Crippen LogP contribution in [-0.4, -0.2) is 36.6 Å². The Hall–Kier alpha value is -1.39. The lowest BCUT2D eigenvalue weighted by Gasteiger charge is -2.25. The third-order valence-electron chi connectivity index (χ3n) is 3.37. The number of nitrogens with zero attached hydrogens (tertiary/aromatic N) is 1. The molecule has 0 spiro atoms. The van der Waals surface area contributed by atoms with Crippen molar-refractivity contribution in [3.05, 3.63) is 35.9 Å². The van der Waals surface area contributed by atoms with Crippen molar-refractivity contribution in [2.45, 2.75) is 31.9 Å². The Morgan fingerprint density at radius 3 is 2.79 bits per heavy atom. The van der Waals surface area contributed by atoms with Crippen molar-refractivity contribution in [3.8, 4) is 0 Å². The molecule has 1 saturated heterocycles. The van der Waals surface area contributed by atoms with Gasteiger partial charge in [0, 0.05) is 19.7 Å². The molecular weight excluding hydrogens is 240 g/mol. The van der Waals surface area contributed by atoms with Crippen molar-refractivity contribution in [3.63, 3.8) is 0 Å². The van der Waals surface area contributed by atoms with Crippen molar-refractivity contribution in [2.75, 3.05) is 19.7 Å². The molecule has 1 atom stereocenters. The lowest BCUT2D eigenvalue weighted by atomic mass is 10.1. The molecule has 1 heterocycles. The second-order valence-electron chi connectivity index (χ2n) is 4.89. The van der Waals surface area contributed by atoms with E-state index >= 15 is 0 Å². The SMILES string of the molecule is NCCCN(Cc1ccccc1)C(=O)C1CCCO1. The minimum absolute atomic E-state index is 0.106. The first-order valence-electron chi connectivity index (χ1n) is 6.95. The second kappa shape index (κ2) is 7.26. The number of carbonyl (C=O) groups excluding carboxylic acids is 1. The van der Waals surface area contributed by atoms with Crippen molar-refractivity contribution in [1.29, 1.82) is 0 Å². The lowest BCUT2D eigenvalue weighted by Crippen LogP contribution is -2.39. The number of amides is 1. The topological polar surface area (TPSA) is 55.6 Å². The fourth-order valence-corrected chi connectivity index (χ4v) is 2.33. The molecule has 0 aliphatic carbocycles. The summed E-state index contributed by atoms with van der Waals surface area (Å²) in [5.41, 5.74) is 6.70. The van der Waals surface area contributed by atoms with E-state index in [1.165, 1.54) is 0 Å². The van der Waals surface area contributed by atoms with E-state index in [4.69, 9.17) is 10.5 Å². The Bertz CT molecular complexity index is 388. The minimum Gasteiger partial charge on any atom is -0.368 e. The maximum atomic E-state index is 12.4. The predicted octanol–water partition coefficient (Wildman–Crippen LogP) is 1.54. The van der Waals surface area contributed by atoms with Gasteiger partial charge in [-0.1, -0.05) is 30.3 Å². The summed E-state index contributed by atoms with van der Waals surface area (Å²) in [6, 6.07) is 10.0. The Labute approximate surface area is 114 Å². The fraction of sp³-hybridized carbons (Fsp3) is 0.533. The van der Waals surface area contributed by atoms with E-state index in [1.54, 1.807) is 0 Å². The van der Waals surface area contributed by atoms with Crippen LogP contribution in [0.5, 0.6) is 0 Å². The number of hydrogen-bond acceptors (Lipinski definition) is 3. The number of ether oxygens (including phenoxy) is 1. The molecule has 0 radical (unpaired) electrons. The summed E-state index contributed by atoms with van der Waals surface area (Å²) in [4.78, 5) is 14.3. The van der Waals surface area contributed by atoms with Crippen LogP contribution in [-0.2, 0) is 16.1 Å². The molecule has 2 N–H and O–H groups in total. The predicted molar refractivity (Wildman–Crippen MR) is 74.5 cm³/mol.